The molecule has 0 aliphatic heterocycles. The van der Waals surface area contributed by atoms with Crippen molar-refractivity contribution in [3.05, 3.63) is 33.9 Å². The number of nitrogens with zero attached hydrogens (tertiary/aromatic N) is 2. The number of carbonyl (C=O) groups excluding carboxylic acids is 1. The Morgan fingerprint density at radius 2 is 1.95 bits per heavy atom. The monoisotopic (exact) mass is 284 g/mol. The second-order valence-corrected chi connectivity index (χ2v) is 3.87. The van der Waals surface area contributed by atoms with Crippen molar-refractivity contribution in [2.24, 2.45) is 5.84 Å². The SMILES string of the molecule is NNc1ccc([N+](=O)[O-])c(C(=O)N(CCO)CCO)c1. The number of nitro groups is 1. The van der Waals surface area contributed by atoms with Gasteiger partial charge < -0.3 is 20.5 Å². The summed E-state index contributed by atoms with van der Waals surface area (Å²) in [5, 5.41) is 28.7. The van der Waals surface area contributed by atoms with Crippen molar-refractivity contribution in [1.29, 1.82) is 0 Å². The quantitative estimate of drug-likeness (QED) is 0.295. The number of hydrogen-bond acceptors (Lipinski definition) is 7. The standard InChI is InChI=1S/C11H16N4O5/c12-13-8-1-2-10(15(19)20)9(7-8)11(18)14(3-5-16)4-6-17/h1-2,7,13,16-17H,3-6,12H2. The molecular weight excluding hydrogens is 268 g/mol. The summed E-state index contributed by atoms with van der Waals surface area (Å²) in [7, 11) is 0. The van der Waals surface area contributed by atoms with Crippen molar-refractivity contribution in [1.82, 2.24) is 4.90 Å². The van der Waals surface area contributed by atoms with Crippen molar-refractivity contribution in [3.63, 3.8) is 0 Å². The molecule has 1 aromatic carbocycles. The van der Waals surface area contributed by atoms with Gasteiger partial charge in [0.25, 0.3) is 11.6 Å². The van der Waals surface area contributed by atoms with Gasteiger partial charge in [0.2, 0.25) is 0 Å². The molecule has 1 aromatic rings. The van der Waals surface area contributed by atoms with Crippen LogP contribution in [0.25, 0.3) is 0 Å². The number of aliphatic hydroxyl groups is 2. The first kappa shape index (κ1) is 15.8. The number of nitrogens with one attached hydrogen (secondary N) is 1. The lowest BCUT2D eigenvalue weighted by Gasteiger charge is -2.20. The summed E-state index contributed by atoms with van der Waals surface area (Å²) in [6, 6.07) is 3.79. The summed E-state index contributed by atoms with van der Waals surface area (Å²) in [5.41, 5.74) is 2.11. The molecule has 0 atom stereocenters. The molecule has 0 heterocycles. The topological polar surface area (TPSA) is 142 Å². The molecule has 0 saturated carbocycles. The number of amides is 1. The second kappa shape index (κ2) is 7.38. The van der Waals surface area contributed by atoms with Gasteiger partial charge in [-0.25, -0.2) is 0 Å². The van der Waals surface area contributed by atoms with Crippen molar-refractivity contribution in [2.75, 3.05) is 31.7 Å². The third-order valence-corrected chi connectivity index (χ3v) is 2.62. The Hall–Kier alpha value is -2.23. The number of nitrogens with two attached hydrogens (primary N) is 1. The van der Waals surface area contributed by atoms with E-state index >= 15 is 0 Å². The molecule has 0 unspecified atom stereocenters. The molecule has 0 radical (unpaired) electrons. The molecule has 1 amide bonds. The Labute approximate surface area is 114 Å². The Kier molecular flexibility index (Phi) is 5.84. The van der Waals surface area contributed by atoms with Crippen LogP contribution in [-0.2, 0) is 0 Å². The fraction of sp³-hybridized carbons (Fsp3) is 0.364. The molecule has 9 nitrogen and oxygen atoms in total. The van der Waals surface area contributed by atoms with Crippen LogP contribution in [0.5, 0.6) is 0 Å². The molecule has 9 heteroatoms. The minimum Gasteiger partial charge on any atom is -0.395 e. The van der Waals surface area contributed by atoms with Crippen LogP contribution < -0.4 is 11.3 Å². The summed E-state index contributed by atoms with van der Waals surface area (Å²) in [6.07, 6.45) is 0. The van der Waals surface area contributed by atoms with Crippen LogP contribution in [0.3, 0.4) is 0 Å². The number of rotatable bonds is 7. The van der Waals surface area contributed by atoms with E-state index in [0.717, 1.165) is 4.90 Å². The molecular formula is C11H16N4O5. The van der Waals surface area contributed by atoms with Crippen LogP contribution in [0.15, 0.2) is 18.2 Å². The van der Waals surface area contributed by atoms with Crippen molar-refractivity contribution < 1.29 is 19.9 Å². The van der Waals surface area contributed by atoms with Gasteiger partial charge in [-0.2, -0.15) is 0 Å². The number of benzene rings is 1. The minimum absolute atomic E-state index is 0.0309. The Bertz CT molecular complexity index is 488. The van der Waals surface area contributed by atoms with Crippen LogP contribution >= 0.6 is 0 Å². The molecule has 1 rings (SSSR count). The van der Waals surface area contributed by atoms with E-state index in [4.69, 9.17) is 16.1 Å². The van der Waals surface area contributed by atoms with E-state index in [2.05, 4.69) is 5.43 Å². The normalized spacial score (nSPS) is 10.2. The second-order valence-electron chi connectivity index (χ2n) is 3.87. The van der Waals surface area contributed by atoms with E-state index in [1.807, 2.05) is 0 Å². The first-order valence-electron chi connectivity index (χ1n) is 5.81. The van der Waals surface area contributed by atoms with Gasteiger partial charge in [0.15, 0.2) is 0 Å². The number of nitro benzene ring substituents is 1. The van der Waals surface area contributed by atoms with Crippen LogP contribution in [0.2, 0.25) is 0 Å². The fourth-order valence-electron chi connectivity index (χ4n) is 1.68. The van der Waals surface area contributed by atoms with Crippen LogP contribution in [-0.4, -0.2) is 52.2 Å². The van der Waals surface area contributed by atoms with Gasteiger partial charge in [0.05, 0.1) is 18.1 Å². The van der Waals surface area contributed by atoms with Gasteiger partial charge in [-0.05, 0) is 12.1 Å². The summed E-state index contributed by atoms with van der Waals surface area (Å²) in [5.74, 6) is 4.56. The predicted molar refractivity (Wildman–Crippen MR) is 71.0 cm³/mol. The third-order valence-electron chi connectivity index (χ3n) is 2.62. The first-order valence-corrected chi connectivity index (χ1v) is 5.81. The van der Waals surface area contributed by atoms with Gasteiger partial charge in [-0.3, -0.25) is 20.8 Å². The number of hydrogen-bond donors (Lipinski definition) is 4. The molecule has 0 aliphatic carbocycles. The zero-order valence-electron chi connectivity index (χ0n) is 10.7. The van der Waals surface area contributed by atoms with E-state index in [9.17, 15) is 14.9 Å². The lowest BCUT2D eigenvalue weighted by molar-refractivity contribution is -0.385. The summed E-state index contributed by atoms with van der Waals surface area (Å²) >= 11 is 0. The van der Waals surface area contributed by atoms with E-state index < -0.39 is 10.8 Å². The number of anilines is 1. The zero-order chi connectivity index (χ0) is 15.1. The van der Waals surface area contributed by atoms with E-state index in [1.54, 1.807) is 0 Å². The average Bonchev–Trinajstić information content (AvgIpc) is 2.45. The highest BCUT2D eigenvalue weighted by Crippen LogP contribution is 2.23. The van der Waals surface area contributed by atoms with Crippen molar-refractivity contribution >= 4 is 17.3 Å². The highest BCUT2D eigenvalue weighted by molar-refractivity contribution is 5.99. The van der Waals surface area contributed by atoms with Crippen molar-refractivity contribution in [3.8, 4) is 0 Å². The maximum atomic E-state index is 12.2. The van der Waals surface area contributed by atoms with Gasteiger partial charge in [-0.15, -0.1) is 0 Å². The third kappa shape index (κ3) is 3.63. The lowest BCUT2D eigenvalue weighted by atomic mass is 10.1. The van der Waals surface area contributed by atoms with Gasteiger partial charge in [0, 0.05) is 24.8 Å². The van der Waals surface area contributed by atoms with Gasteiger partial charge in [0.1, 0.15) is 5.56 Å². The zero-order valence-corrected chi connectivity index (χ0v) is 10.7. The molecule has 0 aliphatic rings. The van der Waals surface area contributed by atoms with E-state index in [0.29, 0.717) is 5.69 Å². The maximum absolute atomic E-state index is 12.2. The Balaban J connectivity index is 3.19. The molecule has 110 valence electrons. The largest absolute Gasteiger partial charge is 0.395 e. The maximum Gasteiger partial charge on any atom is 0.282 e. The Morgan fingerprint density at radius 3 is 2.40 bits per heavy atom. The van der Waals surface area contributed by atoms with E-state index in [1.165, 1.54) is 18.2 Å². The van der Waals surface area contributed by atoms with Gasteiger partial charge >= 0.3 is 0 Å². The van der Waals surface area contributed by atoms with Crippen LogP contribution in [0.1, 0.15) is 10.4 Å². The number of aliphatic hydroxyl groups excluding tert-OH is 2. The molecule has 0 fully saturated rings. The van der Waals surface area contributed by atoms with Crippen LogP contribution in [0.4, 0.5) is 11.4 Å². The van der Waals surface area contributed by atoms with E-state index in [-0.39, 0.29) is 37.6 Å². The minimum atomic E-state index is -0.677. The number of nitrogen functional groups attached to an aromatic ring is 1. The highest BCUT2D eigenvalue weighted by Gasteiger charge is 2.24. The molecule has 20 heavy (non-hydrogen) atoms. The molecule has 0 bridgehead atoms. The molecule has 5 N–H and O–H groups in total. The Morgan fingerprint density at radius 1 is 1.35 bits per heavy atom. The number of carbonyl (C=O) groups is 1. The molecule has 0 aromatic heterocycles. The van der Waals surface area contributed by atoms with Crippen LogP contribution in [0, 0.1) is 10.1 Å². The average molecular weight is 284 g/mol. The highest BCUT2D eigenvalue weighted by atomic mass is 16.6. The smallest absolute Gasteiger partial charge is 0.282 e. The molecule has 0 saturated heterocycles. The summed E-state index contributed by atoms with van der Waals surface area (Å²) in [4.78, 5) is 23.6. The van der Waals surface area contributed by atoms with Gasteiger partial charge in [-0.1, -0.05) is 0 Å². The van der Waals surface area contributed by atoms with Crippen molar-refractivity contribution in [2.45, 2.75) is 0 Å². The summed E-state index contributed by atoms with van der Waals surface area (Å²) < 4.78 is 0. The lowest BCUT2D eigenvalue weighted by Crippen LogP contribution is -2.36. The fourth-order valence-corrected chi connectivity index (χ4v) is 1.68. The summed E-state index contributed by atoms with van der Waals surface area (Å²) in [6.45, 7) is -0.684. The first-order chi connectivity index (χ1) is 9.54. The molecule has 0 spiro atoms. The predicted octanol–water partition coefficient (Wildman–Crippen LogP) is -0.693. The number of hydrazine groups is 1.